The van der Waals surface area contributed by atoms with Gasteiger partial charge in [0.15, 0.2) is 5.78 Å². The second-order valence-corrected chi connectivity index (χ2v) is 8.20. The van der Waals surface area contributed by atoms with Crippen LogP contribution >= 0.6 is 0 Å². The van der Waals surface area contributed by atoms with Crippen LogP contribution in [0.4, 0.5) is 0 Å². The van der Waals surface area contributed by atoms with Crippen molar-refractivity contribution in [2.24, 2.45) is 5.92 Å². The summed E-state index contributed by atoms with van der Waals surface area (Å²) in [5, 5.41) is 9.29. The Balaban J connectivity index is 1.39. The van der Waals surface area contributed by atoms with Crippen LogP contribution in [-0.4, -0.2) is 66.4 Å². The van der Waals surface area contributed by atoms with Gasteiger partial charge >= 0.3 is 0 Å². The van der Waals surface area contributed by atoms with E-state index in [9.17, 15) is 4.79 Å². The number of ether oxygens (including phenoxy) is 1. The summed E-state index contributed by atoms with van der Waals surface area (Å²) in [4.78, 5) is 15.2. The van der Waals surface area contributed by atoms with Crippen molar-refractivity contribution in [2.75, 3.05) is 45.9 Å². The fourth-order valence-corrected chi connectivity index (χ4v) is 4.43. The number of hydrogen-bond donors (Lipinski definition) is 1. The van der Waals surface area contributed by atoms with E-state index in [1.54, 1.807) is 0 Å². The molecule has 3 heterocycles. The lowest BCUT2D eigenvalue weighted by Crippen LogP contribution is -2.36. The zero-order valence-corrected chi connectivity index (χ0v) is 17.0. The predicted octanol–water partition coefficient (Wildman–Crippen LogP) is 2.64. The molecule has 1 N–H and O–H groups in total. The molecule has 0 saturated carbocycles. The molecule has 2 saturated heterocycles. The van der Waals surface area contributed by atoms with Gasteiger partial charge < -0.3 is 10.1 Å². The van der Waals surface area contributed by atoms with Gasteiger partial charge in [0.25, 0.3) is 0 Å². The Hall–Kier alpha value is -1.76. The maximum absolute atomic E-state index is 12.8. The van der Waals surface area contributed by atoms with Crippen LogP contribution in [0, 0.1) is 12.8 Å². The number of fused-ring (bicyclic) bond motifs is 1. The lowest BCUT2D eigenvalue weighted by Gasteiger charge is -2.26. The molecule has 2 aliphatic rings. The summed E-state index contributed by atoms with van der Waals surface area (Å²) in [5.74, 6) is 0.941. The number of piperidine rings is 1. The van der Waals surface area contributed by atoms with Crippen LogP contribution < -0.4 is 5.32 Å². The lowest BCUT2D eigenvalue weighted by molar-refractivity contribution is 0.0371. The van der Waals surface area contributed by atoms with Crippen LogP contribution in [-0.2, 0) is 11.3 Å². The van der Waals surface area contributed by atoms with Crippen molar-refractivity contribution in [3.05, 3.63) is 29.5 Å². The van der Waals surface area contributed by atoms with Gasteiger partial charge in [-0.25, -0.2) is 0 Å². The smallest absolute Gasteiger partial charge is 0.163 e. The summed E-state index contributed by atoms with van der Waals surface area (Å²) >= 11 is 0. The Morgan fingerprint density at radius 2 is 2.04 bits per heavy atom. The first-order valence-electron chi connectivity index (χ1n) is 10.7. The molecule has 6 nitrogen and oxygen atoms in total. The highest BCUT2D eigenvalue weighted by Crippen LogP contribution is 2.24. The number of carbonyl (C=O) groups is 1. The Labute approximate surface area is 167 Å². The molecule has 152 valence electrons. The molecule has 4 rings (SSSR count). The highest BCUT2D eigenvalue weighted by molar-refractivity contribution is 6.01. The molecule has 0 aliphatic carbocycles. The molecule has 0 unspecified atom stereocenters. The summed E-state index contributed by atoms with van der Waals surface area (Å²) in [7, 11) is 0. The van der Waals surface area contributed by atoms with Gasteiger partial charge in [-0.15, -0.1) is 0 Å². The SMILES string of the molecule is Cc1c(C(=O)CCCN2CCOCC2)ccc2nn(CC3CCNCC3)cc12. The molecule has 0 radical (unpaired) electrons. The van der Waals surface area contributed by atoms with E-state index in [1.807, 2.05) is 12.1 Å². The largest absolute Gasteiger partial charge is 0.379 e. The molecule has 2 aliphatic heterocycles. The van der Waals surface area contributed by atoms with E-state index in [0.717, 1.165) is 80.9 Å². The first-order chi connectivity index (χ1) is 13.7. The molecule has 1 aromatic heterocycles. The molecule has 0 spiro atoms. The van der Waals surface area contributed by atoms with E-state index in [2.05, 4.69) is 28.0 Å². The number of morpholine rings is 1. The van der Waals surface area contributed by atoms with E-state index >= 15 is 0 Å². The first kappa shape index (κ1) is 19.6. The number of Topliss-reactive ketones (excluding diaryl/α,β-unsaturated/α-hetero) is 1. The van der Waals surface area contributed by atoms with Gasteiger partial charge in [0.05, 0.1) is 18.7 Å². The zero-order valence-electron chi connectivity index (χ0n) is 17.0. The van der Waals surface area contributed by atoms with E-state index < -0.39 is 0 Å². The molecule has 2 aromatic rings. The van der Waals surface area contributed by atoms with Crippen LogP contribution in [0.25, 0.3) is 10.9 Å². The first-order valence-corrected chi connectivity index (χ1v) is 10.7. The maximum atomic E-state index is 12.8. The number of ketones is 1. The second-order valence-electron chi connectivity index (χ2n) is 8.20. The molecule has 0 atom stereocenters. The van der Waals surface area contributed by atoms with E-state index in [4.69, 9.17) is 9.84 Å². The van der Waals surface area contributed by atoms with Gasteiger partial charge in [0.1, 0.15) is 0 Å². The molecule has 6 heteroatoms. The number of rotatable bonds is 7. The Morgan fingerprint density at radius 3 is 2.82 bits per heavy atom. The molecule has 0 bridgehead atoms. The van der Waals surface area contributed by atoms with Crippen molar-refractivity contribution >= 4 is 16.7 Å². The molecule has 2 fully saturated rings. The number of aromatic nitrogens is 2. The minimum atomic E-state index is 0.249. The second kappa shape index (κ2) is 9.16. The number of hydrogen-bond acceptors (Lipinski definition) is 5. The van der Waals surface area contributed by atoms with Crippen LogP contribution in [0.2, 0.25) is 0 Å². The van der Waals surface area contributed by atoms with Crippen molar-refractivity contribution in [3.63, 3.8) is 0 Å². The van der Waals surface area contributed by atoms with E-state index in [1.165, 1.54) is 12.8 Å². The standard InChI is InChI=1S/C22H32N4O2/c1-17-19(22(27)3-2-10-25-11-13-28-14-12-25)4-5-21-20(17)16-26(24-21)15-18-6-8-23-9-7-18/h4-5,16,18,23H,2-3,6-15H2,1H3. The van der Waals surface area contributed by atoms with Crippen molar-refractivity contribution < 1.29 is 9.53 Å². The molecule has 0 amide bonds. The van der Waals surface area contributed by atoms with Crippen LogP contribution in [0.1, 0.15) is 41.6 Å². The molecule has 28 heavy (non-hydrogen) atoms. The van der Waals surface area contributed by atoms with Gasteiger partial charge in [-0.1, -0.05) is 0 Å². The zero-order chi connectivity index (χ0) is 19.3. The summed E-state index contributed by atoms with van der Waals surface area (Å²) in [5.41, 5.74) is 2.93. The highest BCUT2D eigenvalue weighted by Gasteiger charge is 2.17. The fourth-order valence-electron chi connectivity index (χ4n) is 4.43. The van der Waals surface area contributed by atoms with Crippen molar-refractivity contribution in [1.82, 2.24) is 20.0 Å². The summed E-state index contributed by atoms with van der Waals surface area (Å²) in [6.45, 7) is 9.81. The fraction of sp³-hybridized carbons (Fsp3) is 0.636. The third kappa shape index (κ3) is 4.62. The normalized spacial score (nSPS) is 19.3. The van der Waals surface area contributed by atoms with E-state index in [-0.39, 0.29) is 5.78 Å². The molecular formula is C22H32N4O2. The Kier molecular flexibility index (Phi) is 6.40. The van der Waals surface area contributed by atoms with Gasteiger partial charge in [0.2, 0.25) is 0 Å². The average Bonchev–Trinajstić information content (AvgIpc) is 3.13. The highest BCUT2D eigenvalue weighted by atomic mass is 16.5. The monoisotopic (exact) mass is 384 g/mol. The van der Waals surface area contributed by atoms with Crippen molar-refractivity contribution in [3.8, 4) is 0 Å². The third-order valence-electron chi connectivity index (χ3n) is 6.19. The molecular weight excluding hydrogens is 352 g/mol. The summed E-state index contributed by atoms with van der Waals surface area (Å²) < 4.78 is 7.47. The number of benzene rings is 1. The lowest BCUT2D eigenvalue weighted by atomic mass is 9.98. The number of carbonyl (C=O) groups excluding carboxylic acids is 1. The van der Waals surface area contributed by atoms with Gasteiger partial charge in [-0.2, -0.15) is 5.10 Å². The van der Waals surface area contributed by atoms with Gasteiger partial charge in [-0.3, -0.25) is 14.4 Å². The quantitative estimate of drug-likeness (QED) is 0.744. The predicted molar refractivity (Wildman–Crippen MR) is 111 cm³/mol. The van der Waals surface area contributed by atoms with E-state index in [0.29, 0.717) is 12.3 Å². The van der Waals surface area contributed by atoms with Crippen LogP contribution in [0.15, 0.2) is 18.3 Å². The summed E-state index contributed by atoms with van der Waals surface area (Å²) in [6.07, 6.45) is 6.07. The number of nitrogens with zero attached hydrogens (tertiary/aromatic N) is 3. The minimum absolute atomic E-state index is 0.249. The molecule has 1 aromatic carbocycles. The number of aryl methyl sites for hydroxylation is 1. The summed E-state index contributed by atoms with van der Waals surface area (Å²) in [6, 6.07) is 3.98. The van der Waals surface area contributed by atoms with Crippen LogP contribution in [0.3, 0.4) is 0 Å². The minimum Gasteiger partial charge on any atom is -0.379 e. The number of nitrogens with one attached hydrogen (secondary N) is 1. The van der Waals surface area contributed by atoms with Crippen molar-refractivity contribution in [2.45, 2.75) is 39.2 Å². The third-order valence-corrected chi connectivity index (χ3v) is 6.19. The van der Waals surface area contributed by atoms with Gasteiger partial charge in [0, 0.05) is 43.2 Å². The topological polar surface area (TPSA) is 59.4 Å². The Morgan fingerprint density at radius 1 is 1.25 bits per heavy atom. The Bertz CT molecular complexity index is 804. The van der Waals surface area contributed by atoms with Crippen LogP contribution in [0.5, 0.6) is 0 Å². The maximum Gasteiger partial charge on any atom is 0.163 e. The van der Waals surface area contributed by atoms with Gasteiger partial charge in [-0.05, 0) is 69.4 Å². The van der Waals surface area contributed by atoms with Crippen molar-refractivity contribution in [1.29, 1.82) is 0 Å². The average molecular weight is 385 g/mol.